The number of benzene rings is 3. The number of rotatable bonds is 8. The molecule has 1 saturated heterocycles. The third kappa shape index (κ3) is 5.38. The maximum Gasteiger partial charge on any atom is 0.300 e. The number of Topliss-reactive ketones (excluding diaryl/α,β-unsaturated/α-hetero) is 1. The van der Waals surface area contributed by atoms with E-state index < -0.39 is 17.7 Å². The molecule has 3 aromatic rings. The Hall–Kier alpha value is -4.06. The normalized spacial score (nSPS) is 16.9. The molecule has 192 valence electrons. The first-order valence-corrected chi connectivity index (χ1v) is 12.6. The first-order valence-electron chi connectivity index (χ1n) is 12.6. The van der Waals surface area contributed by atoms with Crippen LogP contribution in [0.2, 0.25) is 0 Å². The first kappa shape index (κ1) is 26.0. The monoisotopic (exact) mass is 499 g/mol. The van der Waals surface area contributed by atoms with Crippen LogP contribution in [0.5, 0.6) is 11.5 Å². The summed E-state index contributed by atoms with van der Waals surface area (Å²) in [5.74, 6) is 0.150. The van der Waals surface area contributed by atoms with Crippen molar-refractivity contribution in [3.8, 4) is 11.5 Å². The highest BCUT2D eigenvalue weighted by molar-refractivity contribution is 6.51. The van der Waals surface area contributed by atoms with E-state index in [4.69, 9.17) is 9.47 Å². The van der Waals surface area contributed by atoms with Crippen molar-refractivity contribution in [2.75, 3.05) is 18.1 Å². The molecule has 1 heterocycles. The van der Waals surface area contributed by atoms with Crippen LogP contribution in [0.3, 0.4) is 0 Å². The van der Waals surface area contributed by atoms with Gasteiger partial charge in [-0.2, -0.15) is 0 Å². The number of ether oxygens (including phenoxy) is 2. The van der Waals surface area contributed by atoms with Crippen molar-refractivity contribution in [3.05, 3.63) is 94.6 Å². The lowest BCUT2D eigenvalue weighted by atomic mass is 9.94. The largest absolute Gasteiger partial charge is 0.507 e. The molecule has 6 heteroatoms. The van der Waals surface area contributed by atoms with Gasteiger partial charge in [0.15, 0.2) is 0 Å². The van der Waals surface area contributed by atoms with Crippen LogP contribution in [0, 0.1) is 19.8 Å². The van der Waals surface area contributed by atoms with E-state index in [0.29, 0.717) is 47.4 Å². The van der Waals surface area contributed by atoms with E-state index in [-0.39, 0.29) is 11.3 Å². The molecule has 1 amide bonds. The van der Waals surface area contributed by atoms with Crippen molar-refractivity contribution >= 4 is 23.1 Å². The fraction of sp³-hybridized carbons (Fsp3) is 0.290. The minimum Gasteiger partial charge on any atom is -0.507 e. The number of carbonyl (C=O) groups is 2. The summed E-state index contributed by atoms with van der Waals surface area (Å²) in [5, 5.41) is 11.4. The van der Waals surface area contributed by atoms with Crippen molar-refractivity contribution < 1.29 is 24.2 Å². The molecule has 3 aromatic carbocycles. The molecule has 0 bridgehead atoms. The average Bonchev–Trinajstić information content (AvgIpc) is 3.14. The van der Waals surface area contributed by atoms with Crippen molar-refractivity contribution in [2.45, 2.75) is 40.7 Å². The molecule has 37 heavy (non-hydrogen) atoms. The maximum atomic E-state index is 13.4. The fourth-order valence-electron chi connectivity index (χ4n) is 4.40. The van der Waals surface area contributed by atoms with Gasteiger partial charge >= 0.3 is 0 Å². The SMILES string of the molecule is CCOc1ccc(C2/C(=C(/O)c3ccc(OCC(C)C)c(C)c3)C(=O)C(=O)N2c2ccc(C)cc2)cc1. The Morgan fingerprint density at radius 2 is 1.62 bits per heavy atom. The topological polar surface area (TPSA) is 76.1 Å². The van der Waals surface area contributed by atoms with E-state index in [0.717, 1.165) is 11.1 Å². The van der Waals surface area contributed by atoms with Gasteiger partial charge < -0.3 is 14.6 Å². The highest BCUT2D eigenvalue weighted by Crippen LogP contribution is 2.42. The molecule has 1 aliphatic heterocycles. The first-order chi connectivity index (χ1) is 17.7. The summed E-state index contributed by atoms with van der Waals surface area (Å²) in [5.41, 5.74) is 3.64. The van der Waals surface area contributed by atoms with Gasteiger partial charge in [0.25, 0.3) is 11.7 Å². The third-order valence-electron chi connectivity index (χ3n) is 6.28. The van der Waals surface area contributed by atoms with Crippen LogP contribution in [-0.4, -0.2) is 30.0 Å². The second-order valence-corrected chi connectivity index (χ2v) is 9.69. The van der Waals surface area contributed by atoms with Gasteiger partial charge in [0, 0.05) is 11.3 Å². The number of hydrogen-bond donors (Lipinski definition) is 1. The summed E-state index contributed by atoms with van der Waals surface area (Å²) in [6.07, 6.45) is 0. The second-order valence-electron chi connectivity index (χ2n) is 9.69. The molecule has 0 spiro atoms. The second kappa shape index (κ2) is 10.9. The Kier molecular flexibility index (Phi) is 7.67. The number of aryl methyl sites for hydroxylation is 2. The number of amides is 1. The van der Waals surface area contributed by atoms with E-state index in [1.54, 1.807) is 30.3 Å². The summed E-state index contributed by atoms with van der Waals surface area (Å²) in [7, 11) is 0. The predicted octanol–water partition coefficient (Wildman–Crippen LogP) is 6.36. The smallest absolute Gasteiger partial charge is 0.300 e. The summed E-state index contributed by atoms with van der Waals surface area (Å²) in [6, 6.07) is 19.1. The van der Waals surface area contributed by atoms with E-state index in [1.165, 1.54) is 4.90 Å². The molecule has 1 atom stereocenters. The van der Waals surface area contributed by atoms with Gasteiger partial charge in [-0.15, -0.1) is 0 Å². The van der Waals surface area contributed by atoms with E-state index >= 15 is 0 Å². The molecule has 1 N–H and O–H groups in total. The fourth-order valence-corrected chi connectivity index (χ4v) is 4.40. The zero-order chi connectivity index (χ0) is 26.7. The molecule has 4 rings (SSSR count). The lowest BCUT2D eigenvalue weighted by molar-refractivity contribution is -0.132. The van der Waals surface area contributed by atoms with Crippen molar-refractivity contribution in [1.82, 2.24) is 0 Å². The van der Waals surface area contributed by atoms with E-state index in [2.05, 4.69) is 13.8 Å². The van der Waals surface area contributed by atoms with E-state index in [9.17, 15) is 14.7 Å². The maximum absolute atomic E-state index is 13.4. The molecule has 1 unspecified atom stereocenters. The molecule has 1 aliphatic rings. The van der Waals surface area contributed by atoms with Crippen LogP contribution in [0.15, 0.2) is 72.3 Å². The number of aliphatic hydroxyl groups excluding tert-OH is 1. The summed E-state index contributed by atoms with van der Waals surface area (Å²) in [6.45, 7) is 11.0. The highest BCUT2D eigenvalue weighted by Gasteiger charge is 2.47. The van der Waals surface area contributed by atoms with Crippen LogP contribution >= 0.6 is 0 Å². The van der Waals surface area contributed by atoms with Crippen LogP contribution in [0.25, 0.3) is 5.76 Å². The predicted molar refractivity (Wildman–Crippen MR) is 145 cm³/mol. The summed E-state index contributed by atoms with van der Waals surface area (Å²) < 4.78 is 11.4. The molecular formula is C31H33NO5. The van der Waals surface area contributed by atoms with Crippen molar-refractivity contribution in [1.29, 1.82) is 0 Å². The Balaban J connectivity index is 1.83. The van der Waals surface area contributed by atoms with Crippen LogP contribution in [-0.2, 0) is 9.59 Å². The summed E-state index contributed by atoms with van der Waals surface area (Å²) >= 11 is 0. The minimum atomic E-state index is -0.796. The van der Waals surface area contributed by atoms with Gasteiger partial charge in [-0.25, -0.2) is 0 Å². The van der Waals surface area contributed by atoms with Gasteiger partial charge in [0.05, 0.1) is 24.8 Å². The Morgan fingerprint density at radius 3 is 2.22 bits per heavy atom. The Morgan fingerprint density at radius 1 is 0.946 bits per heavy atom. The zero-order valence-electron chi connectivity index (χ0n) is 21.9. The van der Waals surface area contributed by atoms with Crippen LogP contribution < -0.4 is 14.4 Å². The van der Waals surface area contributed by atoms with Crippen molar-refractivity contribution in [2.24, 2.45) is 5.92 Å². The van der Waals surface area contributed by atoms with Gasteiger partial charge in [0.2, 0.25) is 0 Å². The van der Waals surface area contributed by atoms with Gasteiger partial charge in [0.1, 0.15) is 17.3 Å². The third-order valence-corrected chi connectivity index (χ3v) is 6.28. The molecular weight excluding hydrogens is 466 g/mol. The quantitative estimate of drug-likeness (QED) is 0.222. The number of ketones is 1. The zero-order valence-corrected chi connectivity index (χ0v) is 21.9. The van der Waals surface area contributed by atoms with Crippen molar-refractivity contribution in [3.63, 3.8) is 0 Å². The number of hydrogen-bond acceptors (Lipinski definition) is 5. The molecule has 1 fully saturated rings. The summed E-state index contributed by atoms with van der Waals surface area (Å²) in [4.78, 5) is 28.2. The highest BCUT2D eigenvalue weighted by atomic mass is 16.5. The Labute approximate surface area is 218 Å². The van der Waals surface area contributed by atoms with Gasteiger partial charge in [-0.3, -0.25) is 14.5 Å². The lowest BCUT2D eigenvalue weighted by Crippen LogP contribution is -2.29. The Bertz CT molecular complexity index is 1320. The van der Waals surface area contributed by atoms with Gasteiger partial charge in [-0.1, -0.05) is 43.7 Å². The number of nitrogens with zero attached hydrogens (tertiary/aromatic N) is 1. The van der Waals surface area contributed by atoms with Crippen LogP contribution in [0.1, 0.15) is 49.1 Å². The molecule has 0 radical (unpaired) electrons. The standard InChI is InChI=1S/C31H33NO5/c1-6-36-25-14-9-22(10-15-25)28-27(30(34)31(35)32(28)24-12-7-20(4)8-13-24)29(33)23-11-16-26(21(5)17-23)37-18-19(2)3/h7-17,19,28,33H,6,18H2,1-5H3/b29-27-. The molecule has 0 aromatic heterocycles. The molecule has 0 aliphatic carbocycles. The lowest BCUT2D eigenvalue weighted by Gasteiger charge is -2.25. The van der Waals surface area contributed by atoms with Crippen LogP contribution in [0.4, 0.5) is 5.69 Å². The van der Waals surface area contributed by atoms with Gasteiger partial charge in [-0.05, 0) is 80.3 Å². The molecule has 0 saturated carbocycles. The minimum absolute atomic E-state index is 0.0463. The number of aliphatic hydroxyl groups is 1. The number of carbonyl (C=O) groups excluding carboxylic acids is 2. The average molecular weight is 500 g/mol. The number of anilines is 1. The van der Waals surface area contributed by atoms with E-state index in [1.807, 2.05) is 57.2 Å². The molecule has 6 nitrogen and oxygen atoms in total.